The highest BCUT2D eigenvalue weighted by Crippen LogP contribution is 2.11. The maximum atomic E-state index is 12.8. The van der Waals surface area contributed by atoms with Gasteiger partial charge in [0, 0.05) is 11.5 Å². The Balaban J connectivity index is 2.84. The first-order valence-corrected chi connectivity index (χ1v) is 4.12. The summed E-state index contributed by atoms with van der Waals surface area (Å²) in [5, 5.41) is 0.588. The number of hydrogen-bond donors (Lipinski definition) is 2. The van der Waals surface area contributed by atoms with Crippen molar-refractivity contribution < 1.29 is 9.18 Å². The van der Waals surface area contributed by atoms with E-state index in [0.29, 0.717) is 5.39 Å². The fourth-order valence-electron chi connectivity index (χ4n) is 1.31. The number of carbonyl (C=O) groups excluding carboxylic acids is 1. The van der Waals surface area contributed by atoms with Crippen LogP contribution in [0.15, 0.2) is 23.0 Å². The van der Waals surface area contributed by atoms with Crippen molar-refractivity contribution >= 4 is 16.7 Å². The van der Waals surface area contributed by atoms with Crippen LogP contribution in [-0.2, 0) is 0 Å². The Morgan fingerprint density at radius 3 is 2.87 bits per heavy atom. The maximum Gasteiger partial charge on any atom is 0.265 e. The molecule has 15 heavy (non-hydrogen) atoms. The maximum absolute atomic E-state index is 12.8. The summed E-state index contributed by atoms with van der Waals surface area (Å²) in [5.41, 5.74) is 4.46. The number of aromatic nitrogens is 1. The number of fused-ring (bicyclic) bond motifs is 1. The molecule has 1 radical (unpaired) electrons. The average molecular weight is 205 g/mol. The lowest BCUT2D eigenvalue weighted by atomic mass is 10.1. The number of pyridine rings is 1. The molecular formula is C10H6FN2O2. The van der Waals surface area contributed by atoms with Crippen molar-refractivity contribution in [3.05, 3.63) is 46.1 Å². The van der Waals surface area contributed by atoms with E-state index >= 15 is 0 Å². The molecule has 75 valence electrons. The van der Waals surface area contributed by atoms with Gasteiger partial charge in [-0.15, -0.1) is 0 Å². The van der Waals surface area contributed by atoms with E-state index in [1.54, 1.807) is 0 Å². The van der Waals surface area contributed by atoms with Crippen molar-refractivity contribution in [1.29, 1.82) is 0 Å². The van der Waals surface area contributed by atoms with Gasteiger partial charge < -0.3 is 10.7 Å². The van der Waals surface area contributed by atoms with Crippen molar-refractivity contribution in [3.63, 3.8) is 0 Å². The minimum absolute atomic E-state index is 0.00694. The Labute approximate surface area is 83.5 Å². The Morgan fingerprint density at radius 2 is 2.20 bits per heavy atom. The number of nitrogens with one attached hydrogen (secondary N) is 1. The molecule has 0 unspecified atom stereocenters. The van der Waals surface area contributed by atoms with Crippen molar-refractivity contribution in [3.8, 4) is 0 Å². The smallest absolute Gasteiger partial charge is 0.265 e. The van der Waals surface area contributed by atoms with E-state index in [9.17, 15) is 14.0 Å². The van der Waals surface area contributed by atoms with Crippen LogP contribution in [0.1, 0.15) is 10.5 Å². The van der Waals surface area contributed by atoms with Gasteiger partial charge >= 0.3 is 0 Å². The third-order valence-corrected chi connectivity index (χ3v) is 2.01. The summed E-state index contributed by atoms with van der Waals surface area (Å²) in [4.78, 5) is 24.5. The van der Waals surface area contributed by atoms with Crippen LogP contribution in [0.2, 0.25) is 0 Å². The third kappa shape index (κ3) is 1.59. The Bertz CT molecular complexity index is 604. The average Bonchev–Trinajstić information content (AvgIpc) is 2.18. The quantitative estimate of drug-likeness (QED) is 0.713. The summed E-state index contributed by atoms with van der Waals surface area (Å²) in [7, 11) is 0. The topological polar surface area (TPSA) is 76.0 Å². The van der Waals surface area contributed by atoms with E-state index in [1.165, 1.54) is 12.1 Å². The number of halogens is 1. The second kappa shape index (κ2) is 3.20. The first kappa shape index (κ1) is 9.39. The predicted molar refractivity (Wildman–Crippen MR) is 51.9 cm³/mol. The zero-order valence-corrected chi connectivity index (χ0v) is 7.50. The zero-order chi connectivity index (χ0) is 11.0. The molecular weight excluding hydrogens is 199 g/mol. The normalized spacial score (nSPS) is 10.5. The van der Waals surface area contributed by atoms with Crippen molar-refractivity contribution in [2.75, 3.05) is 0 Å². The minimum Gasteiger partial charge on any atom is -0.364 e. The summed E-state index contributed by atoms with van der Waals surface area (Å²) in [6, 6.07) is 6.03. The number of primary amides is 1. The molecule has 0 aliphatic heterocycles. The van der Waals surface area contributed by atoms with Gasteiger partial charge in [0.25, 0.3) is 11.5 Å². The van der Waals surface area contributed by atoms with Crippen molar-refractivity contribution in [2.45, 2.75) is 0 Å². The fraction of sp³-hybridized carbons (Fsp3) is 0. The van der Waals surface area contributed by atoms with Crippen LogP contribution >= 0.6 is 0 Å². The number of carbonyl (C=O) groups is 1. The molecule has 5 heteroatoms. The van der Waals surface area contributed by atoms with Crippen LogP contribution in [-0.4, -0.2) is 10.9 Å². The van der Waals surface area contributed by atoms with Gasteiger partial charge in [0.1, 0.15) is 11.5 Å². The summed E-state index contributed by atoms with van der Waals surface area (Å²) in [6.07, 6.45) is 0. The lowest BCUT2D eigenvalue weighted by molar-refractivity contribution is 0.0995. The SMILES string of the molecule is NC(=O)c1cc2c[c]c(F)cc2c(=O)[nH]1. The molecule has 1 amide bonds. The van der Waals surface area contributed by atoms with Gasteiger partial charge in [-0.25, -0.2) is 4.39 Å². The monoisotopic (exact) mass is 205 g/mol. The van der Waals surface area contributed by atoms with Crippen molar-refractivity contribution in [2.24, 2.45) is 5.73 Å². The number of nitrogens with two attached hydrogens (primary N) is 1. The van der Waals surface area contributed by atoms with Crippen LogP contribution in [0.3, 0.4) is 0 Å². The van der Waals surface area contributed by atoms with E-state index in [4.69, 9.17) is 5.73 Å². The van der Waals surface area contributed by atoms with Crippen LogP contribution in [0.5, 0.6) is 0 Å². The molecule has 0 bridgehead atoms. The van der Waals surface area contributed by atoms with Crippen LogP contribution in [0, 0.1) is 11.9 Å². The largest absolute Gasteiger partial charge is 0.364 e. The molecule has 2 aromatic rings. The molecule has 1 aromatic heterocycles. The number of rotatable bonds is 1. The molecule has 1 aromatic carbocycles. The highest BCUT2D eigenvalue weighted by molar-refractivity contribution is 5.95. The van der Waals surface area contributed by atoms with E-state index < -0.39 is 17.3 Å². The van der Waals surface area contributed by atoms with Gasteiger partial charge in [0.15, 0.2) is 0 Å². The molecule has 0 aliphatic carbocycles. The first-order valence-electron chi connectivity index (χ1n) is 4.12. The standard InChI is InChI=1S/C10H6FN2O2/c11-6-2-1-5-3-8(9(12)14)13-10(15)7(5)4-6/h1,3-4H,(H2,12,14)(H,13,15). The van der Waals surface area contributed by atoms with E-state index in [-0.39, 0.29) is 11.1 Å². The predicted octanol–water partition coefficient (Wildman–Crippen LogP) is 0.566. The number of H-pyrrole nitrogens is 1. The summed E-state index contributed by atoms with van der Waals surface area (Å²) >= 11 is 0. The molecule has 0 saturated carbocycles. The van der Waals surface area contributed by atoms with Gasteiger partial charge in [0.2, 0.25) is 0 Å². The van der Waals surface area contributed by atoms with Gasteiger partial charge in [0.05, 0.1) is 0 Å². The summed E-state index contributed by atoms with van der Waals surface area (Å²) in [6.45, 7) is 0. The molecule has 0 atom stereocenters. The minimum atomic E-state index is -0.738. The lowest BCUT2D eigenvalue weighted by Crippen LogP contribution is -2.18. The highest BCUT2D eigenvalue weighted by Gasteiger charge is 2.06. The highest BCUT2D eigenvalue weighted by atomic mass is 19.1. The Kier molecular flexibility index (Phi) is 2.00. The second-order valence-corrected chi connectivity index (χ2v) is 3.03. The van der Waals surface area contributed by atoms with Gasteiger partial charge in [-0.2, -0.15) is 0 Å². The Morgan fingerprint density at radius 1 is 1.47 bits per heavy atom. The van der Waals surface area contributed by atoms with Crippen molar-refractivity contribution in [1.82, 2.24) is 4.98 Å². The zero-order valence-electron chi connectivity index (χ0n) is 7.50. The molecule has 0 fully saturated rings. The molecule has 0 saturated heterocycles. The van der Waals surface area contributed by atoms with Crippen LogP contribution in [0.25, 0.3) is 10.8 Å². The van der Waals surface area contributed by atoms with E-state index in [2.05, 4.69) is 11.1 Å². The number of aromatic amines is 1. The van der Waals surface area contributed by atoms with E-state index in [1.807, 2.05) is 0 Å². The second-order valence-electron chi connectivity index (χ2n) is 3.03. The third-order valence-electron chi connectivity index (χ3n) is 2.01. The molecule has 3 N–H and O–H groups in total. The van der Waals surface area contributed by atoms with E-state index in [0.717, 1.165) is 6.07 Å². The summed E-state index contributed by atoms with van der Waals surface area (Å²) < 4.78 is 12.8. The number of benzene rings is 1. The molecule has 1 heterocycles. The lowest BCUT2D eigenvalue weighted by Gasteiger charge is -1.99. The molecule has 2 rings (SSSR count). The number of hydrogen-bond acceptors (Lipinski definition) is 2. The van der Waals surface area contributed by atoms with Crippen LogP contribution in [0.4, 0.5) is 4.39 Å². The Hall–Kier alpha value is -2.17. The number of amides is 1. The molecule has 4 nitrogen and oxygen atoms in total. The molecule has 0 aliphatic rings. The molecule has 0 spiro atoms. The fourth-order valence-corrected chi connectivity index (χ4v) is 1.31. The van der Waals surface area contributed by atoms with Crippen LogP contribution < -0.4 is 11.3 Å². The van der Waals surface area contributed by atoms with Gasteiger partial charge in [-0.3, -0.25) is 9.59 Å². The first-order chi connectivity index (χ1) is 7.08. The summed E-state index contributed by atoms with van der Waals surface area (Å²) in [5.74, 6) is -1.36. The van der Waals surface area contributed by atoms with Gasteiger partial charge in [-0.1, -0.05) is 0 Å². The van der Waals surface area contributed by atoms with Gasteiger partial charge in [-0.05, 0) is 23.6 Å².